The molecule has 0 aliphatic rings. The summed E-state index contributed by atoms with van der Waals surface area (Å²) in [5, 5.41) is 0. The average molecular weight is 277 g/mol. The summed E-state index contributed by atoms with van der Waals surface area (Å²) >= 11 is 0. The van der Waals surface area contributed by atoms with Crippen LogP contribution in [-0.4, -0.2) is 0 Å². The van der Waals surface area contributed by atoms with E-state index in [9.17, 15) is 0 Å². The van der Waals surface area contributed by atoms with Crippen molar-refractivity contribution in [3.63, 3.8) is 0 Å². The highest BCUT2D eigenvalue weighted by molar-refractivity contribution is 5.18. The molecule has 0 spiro atoms. The minimum absolute atomic E-state index is 0.160. The van der Waals surface area contributed by atoms with E-state index in [1.807, 2.05) is 12.2 Å². The minimum Gasteiger partial charge on any atom is -0.402 e. The van der Waals surface area contributed by atoms with E-state index in [1.54, 1.807) is 6.08 Å². The highest BCUT2D eigenvalue weighted by atomic mass is 14.6. The highest BCUT2D eigenvalue weighted by Gasteiger charge is 2.25. The molecule has 0 radical (unpaired) electrons. The Morgan fingerprint density at radius 2 is 1.55 bits per heavy atom. The Kier molecular flexibility index (Phi) is 11.2. The Morgan fingerprint density at radius 3 is 2.15 bits per heavy atom. The summed E-state index contributed by atoms with van der Waals surface area (Å²) in [6.07, 6.45) is 19.3. The van der Waals surface area contributed by atoms with Gasteiger partial charge in [0.15, 0.2) is 0 Å². The standard InChI is InChI=1S/C19H35N/c1-5-8-11-12-14-17-19(4,16-10-7-3)18(20)15-13-9-6-2/h6,9,13,15H,2,5,7-8,10-12,14,16-17,20H2,1,3-4H3/b13-9-,18-15-. The first kappa shape index (κ1) is 19.0. The van der Waals surface area contributed by atoms with Gasteiger partial charge in [0.25, 0.3) is 0 Å². The molecule has 1 heteroatoms. The lowest BCUT2D eigenvalue weighted by atomic mass is 9.77. The van der Waals surface area contributed by atoms with E-state index in [2.05, 4.69) is 33.4 Å². The second-order valence-electron chi connectivity index (χ2n) is 6.07. The third-order valence-corrected chi connectivity index (χ3v) is 4.13. The fourth-order valence-electron chi connectivity index (χ4n) is 2.54. The molecule has 0 rings (SSSR count). The Bertz CT molecular complexity index is 301. The number of hydrogen-bond donors (Lipinski definition) is 1. The van der Waals surface area contributed by atoms with Crippen molar-refractivity contribution in [3.05, 3.63) is 36.6 Å². The lowest BCUT2D eigenvalue weighted by Gasteiger charge is -2.30. The van der Waals surface area contributed by atoms with E-state index < -0.39 is 0 Å². The van der Waals surface area contributed by atoms with Crippen LogP contribution in [0, 0.1) is 5.41 Å². The van der Waals surface area contributed by atoms with E-state index in [-0.39, 0.29) is 5.41 Å². The zero-order valence-corrected chi connectivity index (χ0v) is 14.0. The molecule has 0 aliphatic carbocycles. The Morgan fingerprint density at radius 1 is 0.950 bits per heavy atom. The molecule has 1 unspecified atom stereocenters. The second kappa shape index (κ2) is 11.8. The van der Waals surface area contributed by atoms with Gasteiger partial charge in [0.1, 0.15) is 0 Å². The van der Waals surface area contributed by atoms with Crippen molar-refractivity contribution < 1.29 is 0 Å². The maximum atomic E-state index is 6.35. The zero-order valence-electron chi connectivity index (χ0n) is 14.0. The molecular formula is C19H35N. The predicted octanol–water partition coefficient (Wildman–Crippen LogP) is 6.13. The van der Waals surface area contributed by atoms with Gasteiger partial charge in [-0.1, -0.05) is 90.5 Å². The van der Waals surface area contributed by atoms with Crippen LogP contribution < -0.4 is 5.73 Å². The first-order chi connectivity index (χ1) is 9.60. The summed E-state index contributed by atoms with van der Waals surface area (Å²) in [6.45, 7) is 10.5. The van der Waals surface area contributed by atoms with Gasteiger partial charge in [-0.15, -0.1) is 0 Å². The zero-order chi connectivity index (χ0) is 15.3. The van der Waals surface area contributed by atoms with Gasteiger partial charge in [-0.05, 0) is 18.9 Å². The van der Waals surface area contributed by atoms with Crippen molar-refractivity contribution in [2.75, 3.05) is 0 Å². The van der Waals surface area contributed by atoms with Gasteiger partial charge in [0.2, 0.25) is 0 Å². The van der Waals surface area contributed by atoms with Gasteiger partial charge in [-0.3, -0.25) is 0 Å². The normalized spacial score (nSPS) is 15.4. The van der Waals surface area contributed by atoms with Crippen LogP contribution in [0.2, 0.25) is 0 Å². The van der Waals surface area contributed by atoms with E-state index in [1.165, 1.54) is 57.8 Å². The van der Waals surface area contributed by atoms with Crippen molar-refractivity contribution in [2.45, 2.75) is 78.6 Å². The lowest BCUT2D eigenvalue weighted by molar-refractivity contribution is 0.307. The summed E-state index contributed by atoms with van der Waals surface area (Å²) in [5.41, 5.74) is 7.54. The Hall–Kier alpha value is -0.980. The molecule has 0 fully saturated rings. The first-order valence-corrected chi connectivity index (χ1v) is 8.36. The molecule has 1 nitrogen and oxygen atoms in total. The summed E-state index contributed by atoms with van der Waals surface area (Å²) in [7, 11) is 0. The van der Waals surface area contributed by atoms with Crippen LogP contribution in [0.25, 0.3) is 0 Å². The highest BCUT2D eigenvalue weighted by Crippen LogP contribution is 2.36. The van der Waals surface area contributed by atoms with E-state index in [0.29, 0.717) is 0 Å². The molecule has 1 atom stereocenters. The summed E-state index contributed by atoms with van der Waals surface area (Å²) < 4.78 is 0. The summed E-state index contributed by atoms with van der Waals surface area (Å²) in [5.74, 6) is 0. The van der Waals surface area contributed by atoms with E-state index in [0.717, 1.165) is 5.70 Å². The maximum absolute atomic E-state index is 6.35. The molecule has 2 N–H and O–H groups in total. The predicted molar refractivity (Wildman–Crippen MR) is 92.6 cm³/mol. The molecule has 0 bridgehead atoms. The molecular weight excluding hydrogens is 242 g/mol. The molecule has 0 aromatic carbocycles. The number of hydrogen-bond acceptors (Lipinski definition) is 1. The van der Waals surface area contributed by atoms with E-state index in [4.69, 9.17) is 5.73 Å². The molecule has 20 heavy (non-hydrogen) atoms. The topological polar surface area (TPSA) is 26.0 Å². The van der Waals surface area contributed by atoms with Crippen LogP contribution in [-0.2, 0) is 0 Å². The number of nitrogens with two attached hydrogens (primary N) is 1. The van der Waals surface area contributed by atoms with Crippen LogP contribution in [0.1, 0.15) is 78.6 Å². The van der Waals surface area contributed by atoms with Gasteiger partial charge in [0.05, 0.1) is 0 Å². The minimum atomic E-state index is 0.160. The molecule has 116 valence electrons. The van der Waals surface area contributed by atoms with Gasteiger partial charge >= 0.3 is 0 Å². The smallest absolute Gasteiger partial charge is 0.0141 e. The van der Waals surface area contributed by atoms with Gasteiger partial charge in [-0.2, -0.15) is 0 Å². The van der Waals surface area contributed by atoms with Gasteiger partial charge < -0.3 is 5.73 Å². The van der Waals surface area contributed by atoms with E-state index >= 15 is 0 Å². The largest absolute Gasteiger partial charge is 0.402 e. The molecule has 0 amide bonds. The third-order valence-electron chi connectivity index (χ3n) is 4.13. The summed E-state index contributed by atoms with van der Waals surface area (Å²) in [4.78, 5) is 0. The summed E-state index contributed by atoms with van der Waals surface area (Å²) in [6, 6.07) is 0. The first-order valence-electron chi connectivity index (χ1n) is 8.36. The van der Waals surface area contributed by atoms with Crippen molar-refractivity contribution in [2.24, 2.45) is 11.1 Å². The molecule has 0 saturated heterocycles. The van der Waals surface area contributed by atoms with Crippen LogP contribution in [0.15, 0.2) is 36.6 Å². The Balaban J connectivity index is 4.51. The Labute approximate surface area is 127 Å². The maximum Gasteiger partial charge on any atom is 0.0141 e. The third kappa shape index (κ3) is 8.24. The number of allylic oxidation sites excluding steroid dienone is 5. The van der Waals surface area contributed by atoms with Crippen LogP contribution in [0.5, 0.6) is 0 Å². The fourth-order valence-corrected chi connectivity index (χ4v) is 2.54. The monoisotopic (exact) mass is 277 g/mol. The van der Waals surface area contributed by atoms with Gasteiger partial charge in [0, 0.05) is 11.1 Å². The average Bonchev–Trinajstić information content (AvgIpc) is 2.45. The lowest BCUT2D eigenvalue weighted by Crippen LogP contribution is -2.25. The van der Waals surface area contributed by atoms with Crippen molar-refractivity contribution in [1.82, 2.24) is 0 Å². The SMILES string of the molecule is C=C/C=C\C=C(/N)C(C)(CCCC)CCCCCCC. The van der Waals surface area contributed by atoms with Crippen LogP contribution in [0.4, 0.5) is 0 Å². The van der Waals surface area contributed by atoms with Crippen LogP contribution >= 0.6 is 0 Å². The van der Waals surface area contributed by atoms with Crippen molar-refractivity contribution in [3.8, 4) is 0 Å². The number of rotatable bonds is 12. The molecule has 0 aromatic heterocycles. The van der Waals surface area contributed by atoms with Crippen molar-refractivity contribution in [1.29, 1.82) is 0 Å². The fraction of sp³-hybridized carbons (Fsp3) is 0.684. The van der Waals surface area contributed by atoms with Gasteiger partial charge in [-0.25, -0.2) is 0 Å². The quantitative estimate of drug-likeness (QED) is 0.337. The number of unbranched alkanes of at least 4 members (excludes halogenated alkanes) is 5. The molecule has 0 heterocycles. The molecule has 0 aromatic rings. The van der Waals surface area contributed by atoms with Crippen molar-refractivity contribution >= 4 is 0 Å². The molecule has 0 saturated carbocycles. The van der Waals surface area contributed by atoms with Crippen LogP contribution in [0.3, 0.4) is 0 Å². The molecule has 0 aliphatic heterocycles. The second-order valence-corrected chi connectivity index (χ2v) is 6.07.